The minimum absolute atomic E-state index is 0.141. The van der Waals surface area contributed by atoms with E-state index in [4.69, 9.17) is 0 Å². The van der Waals surface area contributed by atoms with Gasteiger partial charge in [-0.1, -0.05) is 18.2 Å². The number of piperazine rings is 1. The summed E-state index contributed by atoms with van der Waals surface area (Å²) in [6, 6.07) is 10.7. The maximum absolute atomic E-state index is 14.1. The fourth-order valence-corrected chi connectivity index (χ4v) is 3.49. The molecule has 0 atom stereocenters. The molecule has 2 amide bonds. The highest BCUT2D eigenvalue weighted by atomic mass is 19.1. The van der Waals surface area contributed by atoms with Crippen LogP contribution in [0.5, 0.6) is 0 Å². The first-order valence-corrected chi connectivity index (χ1v) is 9.10. The maximum Gasteiger partial charge on any atom is 0.295 e. The van der Waals surface area contributed by atoms with Crippen molar-refractivity contribution in [2.24, 2.45) is 0 Å². The molecule has 1 N–H and O–H groups in total. The quantitative estimate of drug-likeness (QED) is 0.546. The lowest BCUT2D eigenvalue weighted by Gasteiger charge is -2.34. The molecule has 3 aromatic rings. The van der Waals surface area contributed by atoms with Crippen LogP contribution in [0.2, 0.25) is 0 Å². The normalized spacial score (nSPS) is 14.3. The number of carbonyl (C=O) groups excluding carboxylic acids is 3. The van der Waals surface area contributed by atoms with E-state index in [-0.39, 0.29) is 48.6 Å². The van der Waals surface area contributed by atoms with Gasteiger partial charge >= 0.3 is 0 Å². The predicted octanol–water partition coefficient (Wildman–Crippen LogP) is 2.61. The molecule has 1 aromatic heterocycles. The molecular weight excluding hydrogens is 380 g/mol. The molecular formula is C21H17F2N3O3. The van der Waals surface area contributed by atoms with E-state index < -0.39 is 23.3 Å². The molecule has 29 heavy (non-hydrogen) atoms. The molecule has 0 bridgehead atoms. The van der Waals surface area contributed by atoms with Crippen molar-refractivity contribution in [2.45, 2.75) is 0 Å². The van der Waals surface area contributed by atoms with Crippen LogP contribution < -0.4 is 0 Å². The molecule has 1 saturated heterocycles. The summed E-state index contributed by atoms with van der Waals surface area (Å²) in [6.07, 6.45) is 1.15. The van der Waals surface area contributed by atoms with Crippen LogP contribution in [0.15, 0.2) is 48.7 Å². The molecule has 2 heterocycles. The van der Waals surface area contributed by atoms with Crippen LogP contribution >= 0.6 is 0 Å². The second-order valence-electron chi connectivity index (χ2n) is 6.76. The van der Waals surface area contributed by atoms with Crippen LogP contribution in [-0.4, -0.2) is 58.6 Å². The zero-order valence-electron chi connectivity index (χ0n) is 15.3. The van der Waals surface area contributed by atoms with Gasteiger partial charge in [0.25, 0.3) is 17.6 Å². The highest BCUT2D eigenvalue weighted by molar-refractivity contribution is 6.44. The van der Waals surface area contributed by atoms with Crippen LogP contribution in [0.4, 0.5) is 8.78 Å². The van der Waals surface area contributed by atoms with Crippen LogP contribution in [0, 0.1) is 11.6 Å². The number of aromatic nitrogens is 1. The van der Waals surface area contributed by atoms with E-state index in [2.05, 4.69) is 4.98 Å². The van der Waals surface area contributed by atoms with Crippen molar-refractivity contribution in [3.05, 3.63) is 71.4 Å². The highest BCUT2D eigenvalue weighted by Gasteiger charge is 2.31. The van der Waals surface area contributed by atoms with Crippen molar-refractivity contribution < 1.29 is 23.2 Å². The first-order chi connectivity index (χ1) is 14.0. The predicted molar refractivity (Wildman–Crippen MR) is 101 cm³/mol. The van der Waals surface area contributed by atoms with Gasteiger partial charge in [0.1, 0.15) is 11.6 Å². The van der Waals surface area contributed by atoms with Gasteiger partial charge < -0.3 is 14.8 Å². The lowest BCUT2D eigenvalue weighted by atomic mass is 10.1. The molecule has 6 nitrogen and oxygen atoms in total. The van der Waals surface area contributed by atoms with Gasteiger partial charge in [-0.15, -0.1) is 0 Å². The van der Waals surface area contributed by atoms with Crippen molar-refractivity contribution >= 4 is 28.5 Å². The molecule has 4 rings (SSSR count). The van der Waals surface area contributed by atoms with E-state index in [0.29, 0.717) is 5.56 Å². The third-order valence-electron chi connectivity index (χ3n) is 5.05. The lowest BCUT2D eigenvalue weighted by molar-refractivity contribution is -0.127. The number of hydrogen-bond donors (Lipinski definition) is 1. The van der Waals surface area contributed by atoms with Gasteiger partial charge in [0.15, 0.2) is 0 Å². The Hall–Kier alpha value is -3.55. The van der Waals surface area contributed by atoms with E-state index in [0.717, 1.165) is 18.3 Å². The first kappa shape index (κ1) is 18.8. The van der Waals surface area contributed by atoms with Crippen molar-refractivity contribution in [1.82, 2.24) is 14.8 Å². The van der Waals surface area contributed by atoms with Gasteiger partial charge in [0.05, 0.1) is 11.1 Å². The summed E-state index contributed by atoms with van der Waals surface area (Å²) < 4.78 is 27.9. The van der Waals surface area contributed by atoms with Gasteiger partial charge in [-0.2, -0.15) is 0 Å². The fourth-order valence-electron chi connectivity index (χ4n) is 3.49. The van der Waals surface area contributed by atoms with Gasteiger partial charge in [-0.3, -0.25) is 14.4 Å². The number of H-pyrrole nitrogens is 1. The number of rotatable bonds is 3. The lowest BCUT2D eigenvalue weighted by Crippen LogP contribution is -2.52. The Labute approximate surface area is 164 Å². The molecule has 148 valence electrons. The molecule has 0 aliphatic carbocycles. The topological polar surface area (TPSA) is 73.5 Å². The maximum atomic E-state index is 14.1. The Bertz CT molecular complexity index is 1100. The van der Waals surface area contributed by atoms with Crippen LogP contribution in [0.25, 0.3) is 10.9 Å². The second kappa shape index (κ2) is 7.46. The SMILES string of the molecule is O=C(C(=O)N1CCN(C(=O)c2ccccc2)CC1)c1c[nH]c2c(F)ccc(F)c12. The Balaban J connectivity index is 1.47. The van der Waals surface area contributed by atoms with E-state index in [1.54, 1.807) is 29.2 Å². The summed E-state index contributed by atoms with van der Waals surface area (Å²) in [5.74, 6) is -3.35. The van der Waals surface area contributed by atoms with Crippen molar-refractivity contribution in [3.63, 3.8) is 0 Å². The number of amides is 2. The molecule has 2 aromatic carbocycles. The molecule has 1 fully saturated rings. The highest BCUT2D eigenvalue weighted by Crippen LogP contribution is 2.25. The van der Waals surface area contributed by atoms with E-state index in [9.17, 15) is 23.2 Å². The molecule has 0 saturated carbocycles. The number of nitrogens with zero attached hydrogens (tertiary/aromatic N) is 2. The number of Topliss-reactive ketones (excluding diaryl/α,β-unsaturated/α-hetero) is 1. The number of halogens is 2. The largest absolute Gasteiger partial charge is 0.358 e. The van der Waals surface area contributed by atoms with Gasteiger partial charge in [-0.05, 0) is 24.3 Å². The number of fused-ring (bicyclic) bond motifs is 1. The molecule has 0 unspecified atom stereocenters. The van der Waals surface area contributed by atoms with Crippen LogP contribution in [0.1, 0.15) is 20.7 Å². The van der Waals surface area contributed by atoms with E-state index in [1.165, 1.54) is 4.90 Å². The van der Waals surface area contributed by atoms with Gasteiger partial charge in [0.2, 0.25) is 0 Å². The zero-order valence-corrected chi connectivity index (χ0v) is 15.3. The molecule has 1 aliphatic rings. The Morgan fingerprint density at radius 1 is 0.828 bits per heavy atom. The number of carbonyl (C=O) groups is 3. The Morgan fingerprint density at radius 3 is 2.14 bits per heavy atom. The Kier molecular flexibility index (Phi) is 4.84. The third-order valence-corrected chi connectivity index (χ3v) is 5.05. The summed E-state index contributed by atoms with van der Waals surface area (Å²) in [6.45, 7) is 0.929. The van der Waals surface area contributed by atoms with Gasteiger partial charge in [-0.25, -0.2) is 8.78 Å². The van der Waals surface area contributed by atoms with Crippen molar-refractivity contribution in [3.8, 4) is 0 Å². The van der Waals surface area contributed by atoms with Gasteiger partial charge in [0, 0.05) is 43.3 Å². The molecule has 0 spiro atoms. The van der Waals surface area contributed by atoms with Crippen LogP contribution in [-0.2, 0) is 4.79 Å². The minimum atomic E-state index is -0.913. The second-order valence-corrected chi connectivity index (χ2v) is 6.76. The summed E-state index contributed by atoms with van der Waals surface area (Å²) in [5, 5.41) is -0.235. The number of nitrogens with one attached hydrogen (secondary N) is 1. The summed E-state index contributed by atoms with van der Waals surface area (Å²) in [4.78, 5) is 43.2. The summed E-state index contributed by atoms with van der Waals surface area (Å²) >= 11 is 0. The summed E-state index contributed by atoms with van der Waals surface area (Å²) in [5.41, 5.74) is 0.198. The minimum Gasteiger partial charge on any atom is -0.358 e. The third kappa shape index (κ3) is 3.37. The summed E-state index contributed by atoms with van der Waals surface area (Å²) in [7, 11) is 0. The van der Waals surface area contributed by atoms with E-state index >= 15 is 0 Å². The monoisotopic (exact) mass is 397 g/mol. The van der Waals surface area contributed by atoms with Crippen LogP contribution in [0.3, 0.4) is 0 Å². The fraction of sp³-hybridized carbons (Fsp3) is 0.190. The van der Waals surface area contributed by atoms with Crippen molar-refractivity contribution in [1.29, 1.82) is 0 Å². The standard InChI is InChI=1S/C21H17F2N3O3/c22-15-6-7-16(23)18-17(15)14(12-24-18)19(27)21(29)26-10-8-25(9-11-26)20(28)13-4-2-1-3-5-13/h1-7,12,24H,8-11H2. The average molecular weight is 397 g/mol. The molecule has 1 aliphatic heterocycles. The first-order valence-electron chi connectivity index (χ1n) is 9.10. The number of aromatic amines is 1. The zero-order chi connectivity index (χ0) is 20.5. The smallest absolute Gasteiger partial charge is 0.295 e. The molecule has 0 radical (unpaired) electrons. The Morgan fingerprint density at radius 2 is 1.45 bits per heavy atom. The van der Waals surface area contributed by atoms with E-state index in [1.807, 2.05) is 6.07 Å². The van der Waals surface area contributed by atoms with Crippen molar-refractivity contribution in [2.75, 3.05) is 26.2 Å². The number of ketones is 1. The molecule has 8 heteroatoms. The average Bonchev–Trinajstić information content (AvgIpc) is 3.22. The number of hydrogen-bond acceptors (Lipinski definition) is 3. The number of benzene rings is 2.